The second kappa shape index (κ2) is 10.4. The zero-order chi connectivity index (χ0) is 24.9. The summed E-state index contributed by atoms with van der Waals surface area (Å²) in [6.45, 7) is 2.07. The van der Waals surface area contributed by atoms with Gasteiger partial charge in [0, 0.05) is 28.3 Å². The predicted molar refractivity (Wildman–Crippen MR) is 132 cm³/mol. The molecule has 0 aromatic heterocycles. The largest absolute Gasteiger partial charge is 0.271 e. The smallest absolute Gasteiger partial charge is 0.267 e. The Morgan fingerprint density at radius 2 is 1.82 bits per heavy atom. The summed E-state index contributed by atoms with van der Waals surface area (Å²) in [4.78, 5) is 22.7. The summed E-state index contributed by atoms with van der Waals surface area (Å²) in [5.41, 5.74) is 4.92. The number of sulfonamides is 1. The number of nitrogens with one attached hydrogen (secondary N) is 1. The molecule has 0 saturated heterocycles. The summed E-state index contributed by atoms with van der Waals surface area (Å²) in [5.74, 6) is -0.547. The Balaban J connectivity index is 1.74. The van der Waals surface area contributed by atoms with Gasteiger partial charge in [-0.05, 0) is 48.4 Å². The highest BCUT2D eigenvalue weighted by atomic mass is 35.5. The molecule has 176 valence electrons. The predicted octanol–water partition coefficient (Wildman–Crippen LogP) is 4.29. The summed E-state index contributed by atoms with van der Waals surface area (Å²) in [6, 6.07) is 17.4. The highest BCUT2D eigenvalue weighted by molar-refractivity contribution is 7.92. The van der Waals surface area contributed by atoms with Crippen molar-refractivity contribution >= 4 is 45.1 Å². The van der Waals surface area contributed by atoms with E-state index in [1.165, 1.54) is 53.0 Å². The number of aryl methyl sites for hydroxylation is 1. The monoisotopic (exact) mass is 500 g/mol. The minimum atomic E-state index is -3.58. The molecule has 0 fully saturated rings. The van der Waals surface area contributed by atoms with E-state index in [1.54, 1.807) is 0 Å². The van der Waals surface area contributed by atoms with Gasteiger partial charge in [-0.15, -0.1) is 0 Å². The van der Waals surface area contributed by atoms with E-state index in [2.05, 4.69) is 10.5 Å². The van der Waals surface area contributed by atoms with Crippen molar-refractivity contribution < 1.29 is 18.1 Å². The number of nitrogens with zero attached hydrogens (tertiary/aromatic N) is 3. The quantitative estimate of drug-likeness (QED) is 0.281. The Kier molecular flexibility index (Phi) is 7.64. The van der Waals surface area contributed by atoms with Crippen LogP contribution in [0.25, 0.3) is 0 Å². The van der Waals surface area contributed by atoms with Crippen molar-refractivity contribution in [3.63, 3.8) is 0 Å². The summed E-state index contributed by atoms with van der Waals surface area (Å²) in [7, 11) is -3.58. The van der Waals surface area contributed by atoms with Crippen molar-refractivity contribution in [2.45, 2.75) is 13.5 Å². The lowest BCUT2D eigenvalue weighted by molar-refractivity contribution is -0.384. The van der Waals surface area contributed by atoms with Gasteiger partial charge in [0.1, 0.15) is 0 Å². The SMILES string of the molecule is Cc1ccccc1CN(c1ccc(C(=O)N/N=C\c2cc([N+](=O)[O-])ccc2Cl)cc1)S(C)(=O)=O. The van der Waals surface area contributed by atoms with Crippen LogP contribution in [0.4, 0.5) is 11.4 Å². The van der Waals surface area contributed by atoms with Crippen molar-refractivity contribution in [1.82, 2.24) is 5.43 Å². The van der Waals surface area contributed by atoms with Crippen LogP contribution in [-0.2, 0) is 16.6 Å². The van der Waals surface area contributed by atoms with Crippen LogP contribution in [0.5, 0.6) is 0 Å². The standard InChI is InChI=1S/C23H21ClN4O5S/c1-16-5-3-4-6-18(16)15-27(34(2,32)33)20-9-7-17(8-10-20)23(29)26-25-14-19-13-21(28(30)31)11-12-22(19)24/h3-14H,15H2,1-2H3,(H,26,29)/b25-14-. The molecule has 0 spiro atoms. The number of carbonyl (C=O) groups excluding carboxylic acids is 1. The van der Waals surface area contributed by atoms with Crippen LogP contribution in [-0.4, -0.2) is 31.7 Å². The number of hydrogen-bond donors (Lipinski definition) is 1. The summed E-state index contributed by atoms with van der Waals surface area (Å²) < 4.78 is 26.1. The van der Waals surface area contributed by atoms with Gasteiger partial charge in [-0.1, -0.05) is 35.9 Å². The van der Waals surface area contributed by atoms with E-state index in [1.807, 2.05) is 31.2 Å². The van der Waals surface area contributed by atoms with Gasteiger partial charge < -0.3 is 0 Å². The topological polar surface area (TPSA) is 122 Å². The number of halogens is 1. The van der Waals surface area contributed by atoms with Gasteiger partial charge >= 0.3 is 0 Å². The lowest BCUT2D eigenvalue weighted by Gasteiger charge is -2.23. The number of nitro groups is 1. The van der Waals surface area contributed by atoms with Crippen molar-refractivity contribution in [2.75, 3.05) is 10.6 Å². The summed E-state index contributed by atoms with van der Waals surface area (Å²) >= 11 is 6.00. The van der Waals surface area contributed by atoms with Crippen LogP contribution in [0.3, 0.4) is 0 Å². The average Bonchev–Trinajstić information content (AvgIpc) is 2.79. The maximum Gasteiger partial charge on any atom is 0.271 e. The first-order chi connectivity index (χ1) is 16.1. The van der Waals surface area contributed by atoms with Crippen LogP contribution in [0.1, 0.15) is 27.0 Å². The molecule has 9 nitrogen and oxygen atoms in total. The summed E-state index contributed by atoms with van der Waals surface area (Å²) in [5, 5.41) is 14.9. The fraction of sp³-hybridized carbons (Fsp3) is 0.130. The molecular weight excluding hydrogens is 480 g/mol. The minimum Gasteiger partial charge on any atom is -0.267 e. The zero-order valence-corrected chi connectivity index (χ0v) is 19.9. The van der Waals surface area contributed by atoms with Crippen LogP contribution >= 0.6 is 11.6 Å². The molecule has 0 aliphatic heterocycles. The maximum atomic E-state index is 12.4. The van der Waals surface area contributed by atoms with Gasteiger partial charge in [0.2, 0.25) is 10.0 Å². The zero-order valence-electron chi connectivity index (χ0n) is 18.3. The van der Waals surface area contributed by atoms with Gasteiger partial charge in [0.05, 0.1) is 29.6 Å². The third kappa shape index (κ3) is 6.18. The van der Waals surface area contributed by atoms with Crippen LogP contribution in [0.2, 0.25) is 5.02 Å². The van der Waals surface area contributed by atoms with E-state index < -0.39 is 20.9 Å². The van der Waals surface area contributed by atoms with E-state index >= 15 is 0 Å². The van der Waals surface area contributed by atoms with Crippen molar-refractivity contribution in [1.29, 1.82) is 0 Å². The van der Waals surface area contributed by atoms with Crippen LogP contribution in [0, 0.1) is 17.0 Å². The molecule has 0 bridgehead atoms. The van der Waals surface area contributed by atoms with Crippen LogP contribution in [0.15, 0.2) is 71.8 Å². The highest BCUT2D eigenvalue weighted by Crippen LogP contribution is 2.23. The first kappa shape index (κ1) is 24.9. The number of amides is 1. The molecule has 11 heteroatoms. The lowest BCUT2D eigenvalue weighted by Crippen LogP contribution is -2.29. The highest BCUT2D eigenvalue weighted by Gasteiger charge is 2.19. The Morgan fingerprint density at radius 1 is 1.15 bits per heavy atom. The fourth-order valence-corrected chi connectivity index (χ4v) is 4.13. The number of hydrazone groups is 1. The Hall–Kier alpha value is -3.76. The molecule has 0 radical (unpaired) electrons. The molecule has 3 aromatic rings. The molecule has 0 heterocycles. The molecule has 3 aromatic carbocycles. The van der Waals surface area contributed by atoms with E-state index in [0.29, 0.717) is 5.69 Å². The van der Waals surface area contributed by atoms with E-state index in [-0.39, 0.29) is 28.4 Å². The molecule has 0 aliphatic carbocycles. The molecule has 1 amide bonds. The van der Waals surface area contributed by atoms with E-state index in [0.717, 1.165) is 17.4 Å². The molecule has 0 unspecified atom stereocenters. The number of benzene rings is 3. The fourth-order valence-electron chi connectivity index (χ4n) is 3.09. The summed E-state index contributed by atoms with van der Waals surface area (Å²) in [6.07, 6.45) is 2.33. The first-order valence-electron chi connectivity index (χ1n) is 9.96. The molecule has 3 rings (SSSR count). The normalized spacial score (nSPS) is 11.4. The molecule has 0 atom stereocenters. The minimum absolute atomic E-state index is 0.158. The van der Waals surface area contributed by atoms with Crippen molar-refractivity contribution in [2.24, 2.45) is 5.10 Å². The molecular formula is C23H21ClN4O5S. The number of anilines is 1. The second-order valence-electron chi connectivity index (χ2n) is 7.41. The number of non-ortho nitro benzene ring substituents is 1. The Morgan fingerprint density at radius 3 is 2.44 bits per heavy atom. The molecule has 0 aliphatic rings. The van der Waals surface area contributed by atoms with Crippen molar-refractivity contribution in [3.8, 4) is 0 Å². The molecule has 0 saturated carbocycles. The van der Waals surface area contributed by atoms with Gasteiger partial charge in [-0.3, -0.25) is 19.2 Å². The third-order valence-electron chi connectivity index (χ3n) is 4.95. The Labute approximate surface area is 201 Å². The van der Waals surface area contributed by atoms with E-state index in [4.69, 9.17) is 11.6 Å². The second-order valence-corrected chi connectivity index (χ2v) is 9.72. The Bertz CT molecular complexity index is 1360. The third-order valence-corrected chi connectivity index (χ3v) is 6.44. The van der Waals surface area contributed by atoms with Gasteiger partial charge in [-0.2, -0.15) is 5.10 Å². The molecule has 1 N–H and O–H groups in total. The number of rotatable bonds is 8. The van der Waals surface area contributed by atoms with Gasteiger partial charge in [0.15, 0.2) is 0 Å². The first-order valence-corrected chi connectivity index (χ1v) is 12.2. The number of hydrogen-bond acceptors (Lipinski definition) is 6. The molecule has 34 heavy (non-hydrogen) atoms. The van der Waals surface area contributed by atoms with Crippen molar-refractivity contribution in [3.05, 3.63) is 104 Å². The van der Waals surface area contributed by atoms with Crippen LogP contribution < -0.4 is 9.73 Å². The maximum absolute atomic E-state index is 12.4. The average molecular weight is 501 g/mol. The number of carbonyl (C=O) groups is 1. The van der Waals surface area contributed by atoms with Gasteiger partial charge in [-0.25, -0.2) is 13.8 Å². The lowest BCUT2D eigenvalue weighted by atomic mass is 10.1. The van der Waals surface area contributed by atoms with Gasteiger partial charge in [0.25, 0.3) is 11.6 Å². The number of nitro benzene ring substituents is 1. The van der Waals surface area contributed by atoms with E-state index in [9.17, 15) is 23.3 Å².